The molecule has 0 saturated carbocycles. The first-order chi connectivity index (χ1) is 15.8. The van der Waals surface area contributed by atoms with E-state index in [2.05, 4.69) is 17.4 Å². The van der Waals surface area contributed by atoms with Gasteiger partial charge in [0, 0.05) is 11.4 Å². The van der Waals surface area contributed by atoms with E-state index in [-0.39, 0.29) is 13.2 Å². The zero-order chi connectivity index (χ0) is 24.0. The third-order valence-electron chi connectivity index (χ3n) is 5.49. The van der Waals surface area contributed by atoms with Crippen LogP contribution in [0, 0.1) is 6.92 Å². The van der Waals surface area contributed by atoms with Gasteiger partial charge in [0.2, 0.25) is 0 Å². The molecule has 2 aromatic carbocycles. The van der Waals surface area contributed by atoms with Crippen LogP contribution >= 0.6 is 0 Å². The van der Waals surface area contributed by atoms with Crippen molar-refractivity contribution in [2.24, 2.45) is 0 Å². The molecular weight excluding hydrogens is 418 g/mol. The van der Waals surface area contributed by atoms with Crippen LogP contribution < -0.4 is 10.1 Å². The van der Waals surface area contributed by atoms with E-state index in [1.807, 2.05) is 57.2 Å². The Labute approximate surface area is 195 Å². The highest BCUT2D eigenvalue weighted by Crippen LogP contribution is 2.39. The normalized spacial score (nSPS) is 14.1. The molecule has 0 aromatic heterocycles. The summed E-state index contributed by atoms with van der Waals surface area (Å²) in [6.45, 7) is 10.1. The number of rotatable bonds is 8. The predicted molar refractivity (Wildman–Crippen MR) is 126 cm³/mol. The molecule has 33 heavy (non-hydrogen) atoms. The second-order valence-electron chi connectivity index (χ2n) is 7.92. The molecule has 0 radical (unpaired) electrons. The first kappa shape index (κ1) is 24.1. The molecule has 0 fully saturated rings. The van der Waals surface area contributed by atoms with Crippen LogP contribution in [0.15, 0.2) is 71.1 Å². The Morgan fingerprint density at radius 2 is 1.30 bits per heavy atom. The van der Waals surface area contributed by atoms with Crippen molar-refractivity contribution in [2.45, 2.75) is 47.1 Å². The predicted octanol–water partition coefficient (Wildman–Crippen LogP) is 4.94. The van der Waals surface area contributed by atoms with Crippen LogP contribution in [0.1, 0.15) is 50.3 Å². The van der Waals surface area contributed by atoms with Crippen LogP contribution in [0.4, 0.5) is 0 Å². The first-order valence-electron chi connectivity index (χ1n) is 11.2. The van der Waals surface area contributed by atoms with Crippen molar-refractivity contribution in [1.82, 2.24) is 5.32 Å². The van der Waals surface area contributed by atoms with Crippen molar-refractivity contribution in [3.8, 4) is 5.75 Å². The van der Waals surface area contributed by atoms with Gasteiger partial charge in [0.25, 0.3) is 0 Å². The van der Waals surface area contributed by atoms with Crippen molar-refractivity contribution in [3.63, 3.8) is 0 Å². The molecule has 0 aliphatic carbocycles. The minimum Gasteiger partial charge on any atom is -0.489 e. The minimum absolute atomic E-state index is 0.242. The number of dihydropyridines is 1. The van der Waals surface area contributed by atoms with Gasteiger partial charge in [0.15, 0.2) is 0 Å². The number of hydrogen-bond donors (Lipinski definition) is 1. The monoisotopic (exact) mass is 449 g/mol. The van der Waals surface area contributed by atoms with E-state index < -0.39 is 17.9 Å². The largest absolute Gasteiger partial charge is 0.489 e. The summed E-state index contributed by atoms with van der Waals surface area (Å²) < 4.78 is 16.5. The molecule has 0 unspecified atom stereocenters. The molecule has 0 saturated heterocycles. The maximum absolute atomic E-state index is 12.9. The summed E-state index contributed by atoms with van der Waals surface area (Å²) in [5, 5.41) is 3.14. The number of hydrogen-bond acceptors (Lipinski definition) is 6. The molecule has 0 bridgehead atoms. The smallest absolute Gasteiger partial charge is 0.336 e. The number of esters is 2. The Balaban J connectivity index is 1.92. The van der Waals surface area contributed by atoms with Crippen molar-refractivity contribution in [1.29, 1.82) is 0 Å². The molecule has 1 aliphatic heterocycles. The van der Waals surface area contributed by atoms with Gasteiger partial charge in [-0.25, -0.2) is 9.59 Å². The highest BCUT2D eigenvalue weighted by molar-refractivity contribution is 5.99. The van der Waals surface area contributed by atoms with Crippen LogP contribution in [0.25, 0.3) is 0 Å². The summed E-state index contributed by atoms with van der Waals surface area (Å²) in [6.07, 6.45) is 0. The number of ether oxygens (including phenoxy) is 3. The van der Waals surface area contributed by atoms with E-state index in [4.69, 9.17) is 14.2 Å². The van der Waals surface area contributed by atoms with Crippen LogP contribution in [0.5, 0.6) is 5.75 Å². The molecular formula is C27H31NO5. The second kappa shape index (κ2) is 10.9. The fraction of sp³-hybridized carbons (Fsp3) is 0.333. The summed E-state index contributed by atoms with van der Waals surface area (Å²) in [4.78, 5) is 25.7. The van der Waals surface area contributed by atoms with Crippen LogP contribution in [-0.2, 0) is 25.7 Å². The quantitative estimate of drug-likeness (QED) is 0.576. The Bertz CT molecular complexity index is 1020. The summed E-state index contributed by atoms with van der Waals surface area (Å²) in [7, 11) is 0. The first-order valence-corrected chi connectivity index (χ1v) is 11.2. The van der Waals surface area contributed by atoms with Crippen LogP contribution in [0.3, 0.4) is 0 Å². The van der Waals surface area contributed by atoms with Crippen molar-refractivity contribution >= 4 is 11.9 Å². The molecule has 0 atom stereocenters. The lowest BCUT2D eigenvalue weighted by Crippen LogP contribution is -2.32. The second-order valence-corrected chi connectivity index (χ2v) is 7.92. The third-order valence-corrected chi connectivity index (χ3v) is 5.49. The molecule has 6 heteroatoms. The fourth-order valence-corrected chi connectivity index (χ4v) is 3.89. The lowest BCUT2D eigenvalue weighted by Gasteiger charge is -2.30. The molecule has 0 amide bonds. The third kappa shape index (κ3) is 5.64. The average molecular weight is 450 g/mol. The van der Waals surface area contributed by atoms with Gasteiger partial charge in [0.05, 0.1) is 30.3 Å². The van der Waals surface area contributed by atoms with E-state index >= 15 is 0 Å². The van der Waals surface area contributed by atoms with E-state index in [0.29, 0.717) is 34.9 Å². The van der Waals surface area contributed by atoms with Gasteiger partial charge in [-0.15, -0.1) is 0 Å². The lowest BCUT2D eigenvalue weighted by molar-refractivity contribution is -0.139. The van der Waals surface area contributed by atoms with Gasteiger partial charge in [-0.3, -0.25) is 0 Å². The van der Waals surface area contributed by atoms with E-state index in [1.54, 1.807) is 13.8 Å². The van der Waals surface area contributed by atoms with Gasteiger partial charge in [-0.05, 0) is 57.9 Å². The Hall–Kier alpha value is -3.54. The zero-order valence-corrected chi connectivity index (χ0v) is 19.9. The van der Waals surface area contributed by atoms with Gasteiger partial charge < -0.3 is 19.5 Å². The summed E-state index contributed by atoms with van der Waals surface area (Å²) >= 11 is 0. The van der Waals surface area contributed by atoms with Crippen LogP contribution in [0.2, 0.25) is 0 Å². The fourth-order valence-electron chi connectivity index (χ4n) is 3.89. The van der Waals surface area contributed by atoms with Crippen molar-refractivity contribution in [2.75, 3.05) is 13.2 Å². The molecule has 0 spiro atoms. The number of benzene rings is 2. The van der Waals surface area contributed by atoms with Gasteiger partial charge >= 0.3 is 11.9 Å². The van der Waals surface area contributed by atoms with Gasteiger partial charge in [-0.2, -0.15) is 0 Å². The summed E-state index contributed by atoms with van der Waals surface area (Å²) in [6, 6.07) is 15.6. The lowest BCUT2D eigenvalue weighted by atomic mass is 9.80. The minimum atomic E-state index is -0.601. The molecule has 1 heterocycles. The Morgan fingerprint density at radius 3 is 1.79 bits per heavy atom. The molecule has 1 N–H and O–H groups in total. The molecule has 6 nitrogen and oxygen atoms in total. The maximum atomic E-state index is 12.9. The highest BCUT2D eigenvalue weighted by Gasteiger charge is 2.37. The number of nitrogens with one attached hydrogen (secondary N) is 1. The number of aryl methyl sites for hydroxylation is 1. The summed E-state index contributed by atoms with van der Waals surface area (Å²) in [5.41, 5.74) is 5.18. The average Bonchev–Trinajstić information content (AvgIpc) is 2.79. The SMILES string of the molecule is CCOC(=O)C1=C(C)NC(C)=C(C(=O)OCC)C1c1ccc(OCc2ccc(C)cc2)cc1. The van der Waals surface area contributed by atoms with E-state index in [0.717, 1.165) is 11.1 Å². The van der Waals surface area contributed by atoms with Crippen molar-refractivity contribution < 1.29 is 23.8 Å². The molecule has 174 valence electrons. The molecule has 2 aromatic rings. The zero-order valence-electron chi connectivity index (χ0n) is 19.9. The molecule has 1 aliphatic rings. The topological polar surface area (TPSA) is 73.9 Å². The molecule has 3 rings (SSSR count). The summed E-state index contributed by atoms with van der Waals surface area (Å²) in [5.74, 6) is -0.816. The van der Waals surface area contributed by atoms with E-state index in [1.165, 1.54) is 5.56 Å². The highest BCUT2D eigenvalue weighted by atomic mass is 16.5. The van der Waals surface area contributed by atoms with Crippen LogP contribution in [-0.4, -0.2) is 25.2 Å². The van der Waals surface area contributed by atoms with E-state index in [9.17, 15) is 9.59 Å². The Morgan fingerprint density at radius 1 is 0.788 bits per heavy atom. The van der Waals surface area contributed by atoms with Gasteiger partial charge in [0.1, 0.15) is 12.4 Å². The Kier molecular flexibility index (Phi) is 7.93. The van der Waals surface area contributed by atoms with Gasteiger partial charge in [-0.1, -0.05) is 42.0 Å². The number of allylic oxidation sites excluding steroid dienone is 2. The maximum Gasteiger partial charge on any atom is 0.336 e. The standard InChI is InChI=1S/C27H31NO5/c1-6-31-26(29)23-18(4)28-19(5)24(27(30)32-7-2)25(23)21-12-14-22(15-13-21)33-16-20-10-8-17(3)9-11-20/h8-15,25,28H,6-7,16H2,1-5H3. The number of carbonyl (C=O) groups is 2. The van der Waals surface area contributed by atoms with Crippen molar-refractivity contribution in [3.05, 3.63) is 87.8 Å². The number of carbonyl (C=O) groups excluding carboxylic acids is 2.